The quantitative estimate of drug-likeness (QED) is 0.592. The van der Waals surface area contributed by atoms with Crippen molar-refractivity contribution in [1.29, 1.82) is 0 Å². The van der Waals surface area contributed by atoms with Crippen molar-refractivity contribution in [3.05, 3.63) is 0 Å². The van der Waals surface area contributed by atoms with Crippen LogP contribution < -0.4 is 0 Å². The molecule has 0 spiro atoms. The van der Waals surface area contributed by atoms with Crippen LogP contribution in [0, 0.1) is 0 Å². The van der Waals surface area contributed by atoms with Crippen LogP contribution >= 0.6 is 0 Å². The molecule has 0 aliphatic heterocycles. The van der Waals surface area contributed by atoms with E-state index in [9.17, 15) is 4.80 Å². The predicted molar refractivity (Wildman–Crippen MR) is 47.2 cm³/mol. The molecule has 0 aromatic carbocycles. The predicted octanol–water partition coefficient (Wildman–Crippen LogP) is -0.169. The Balaban J connectivity index is 2.24. The first-order chi connectivity index (χ1) is 4.84. The highest BCUT2D eigenvalue weighted by molar-refractivity contribution is 6.49. The van der Waals surface area contributed by atoms with Gasteiger partial charge >= 0.3 is 9.28 Å². The summed E-state index contributed by atoms with van der Waals surface area (Å²) in [4.78, 5) is 9.43. The topological polar surface area (TPSA) is 29.5 Å². The molecule has 0 amide bonds. The molecule has 0 bridgehead atoms. The van der Waals surface area contributed by atoms with Crippen LogP contribution in [0.2, 0.25) is 5.54 Å². The molecule has 1 rings (SSSR count). The lowest BCUT2D eigenvalue weighted by Gasteiger charge is -2.23. The largest absolute Gasteiger partial charge is 0.447 e. The van der Waals surface area contributed by atoms with Gasteiger partial charge in [-0.25, -0.2) is 0 Å². The van der Waals surface area contributed by atoms with Crippen LogP contribution in [0.25, 0.3) is 0 Å². The van der Waals surface area contributed by atoms with Gasteiger partial charge in [-0.2, -0.15) is 0 Å². The monoisotopic (exact) mass is 176 g/mol. The van der Waals surface area contributed by atoms with E-state index in [1.165, 1.54) is 32.1 Å². The minimum atomic E-state index is -1.70. The Hall–Kier alpha value is 0.354. The standard InChI is InChI=1S/C6H16O2Si2/c7-10(8-9)6-4-2-1-3-5-6/h6-7,10H,1-5H2,9H3. The first kappa shape index (κ1) is 8.45. The highest BCUT2D eigenvalue weighted by Crippen LogP contribution is 2.29. The molecule has 1 unspecified atom stereocenters. The van der Waals surface area contributed by atoms with Gasteiger partial charge < -0.3 is 8.91 Å². The highest BCUT2D eigenvalue weighted by atomic mass is 28.3. The van der Waals surface area contributed by atoms with Crippen LogP contribution in [0.1, 0.15) is 32.1 Å². The van der Waals surface area contributed by atoms with E-state index in [4.69, 9.17) is 4.12 Å². The van der Waals surface area contributed by atoms with Crippen LogP contribution in [0.4, 0.5) is 0 Å². The van der Waals surface area contributed by atoms with E-state index in [1.807, 2.05) is 0 Å². The van der Waals surface area contributed by atoms with Gasteiger partial charge in [0.05, 0.1) is 0 Å². The average Bonchev–Trinajstić information content (AvgIpc) is 2.05. The molecule has 60 valence electrons. The summed E-state index contributed by atoms with van der Waals surface area (Å²) in [6.45, 7) is 0. The lowest BCUT2D eigenvalue weighted by molar-refractivity contribution is 0.372. The summed E-state index contributed by atoms with van der Waals surface area (Å²) in [5.41, 5.74) is 0.575. The summed E-state index contributed by atoms with van der Waals surface area (Å²) in [6.07, 6.45) is 6.41. The number of hydrogen-bond acceptors (Lipinski definition) is 2. The van der Waals surface area contributed by atoms with E-state index in [-0.39, 0.29) is 0 Å². The minimum absolute atomic E-state index is 0.575. The van der Waals surface area contributed by atoms with E-state index in [0.717, 1.165) is 10.5 Å². The van der Waals surface area contributed by atoms with Gasteiger partial charge in [-0.1, -0.05) is 19.3 Å². The van der Waals surface area contributed by atoms with Gasteiger partial charge in [-0.3, -0.25) is 0 Å². The maximum absolute atomic E-state index is 9.43. The Morgan fingerprint density at radius 2 is 1.90 bits per heavy atom. The first-order valence-corrected chi connectivity index (χ1v) is 6.52. The fourth-order valence-electron chi connectivity index (χ4n) is 1.61. The SMILES string of the molecule is O[SiH](O[SiH3])C1CCCCC1. The molecule has 1 aliphatic carbocycles. The summed E-state index contributed by atoms with van der Waals surface area (Å²) in [7, 11) is -0.983. The molecule has 1 fully saturated rings. The summed E-state index contributed by atoms with van der Waals surface area (Å²) in [5, 5.41) is 0. The van der Waals surface area contributed by atoms with Crippen molar-refractivity contribution < 1.29 is 8.91 Å². The lowest BCUT2D eigenvalue weighted by atomic mass is 10.0. The molecule has 1 atom stereocenters. The van der Waals surface area contributed by atoms with Crippen molar-refractivity contribution in [2.24, 2.45) is 0 Å². The highest BCUT2D eigenvalue weighted by Gasteiger charge is 2.23. The van der Waals surface area contributed by atoms with Gasteiger partial charge in [0, 0.05) is 0 Å². The number of rotatable bonds is 2. The van der Waals surface area contributed by atoms with Crippen molar-refractivity contribution in [2.45, 2.75) is 37.6 Å². The zero-order chi connectivity index (χ0) is 7.40. The summed E-state index contributed by atoms with van der Waals surface area (Å²) < 4.78 is 5.12. The van der Waals surface area contributed by atoms with Gasteiger partial charge in [-0.15, -0.1) is 0 Å². The fraction of sp³-hybridized carbons (Fsp3) is 1.00. The minimum Gasteiger partial charge on any atom is -0.447 e. The Bertz CT molecular complexity index is 93.7. The van der Waals surface area contributed by atoms with Gasteiger partial charge in [0.25, 0.3) is 0 Å². The molecule has 0 saturated heterocycles. The molecule has 1 aliphatic rings. The molecule has 4 heteroatoms. The van der Waals surface area contributed by atoms with Gasteiger partial charge in [-0.05, 0) is 18.4 Å². The van der Waals surface area contributed by atoms with Crippen molar-refractivity contribution >= 4 is 19.8 Å². The summed E-state index contributed by atoms with van der Waals surface area (Å²) in [6, 6.07) is 0. The molecular weight excluding hydrogens is 160 g/mol. The molecule has 1 N–H and O–H groups in total. The van der Waals surface area contributed by atoms with Crippen LogP contribution in [0.3, 0.4) is 0 Å². The average molecular weight is 176 g/mol. The fourth-order valence-corrected chi connectivity index (χ4v) is 4.19. The molecule has 1 saturated carbocycles. The molecule has 2 nitrogen and oxygen atoms in total. The zero-order valence-electron chi connectivity index (χ0n) is 6.55. The van der Waals surface area contributed by atoms with Gasteiger partial charge in [0.2, 0.25) is 0 Å². The maximum atomic E-state index is 9.43. The third kappa shape index (κ3) is 2.19. The molecule has 0 aromatic heterocycles. The van der Waals surface area contributed by atoms with Crippen LogP contribution in [0.5, 0.6) is 0 Å². The third-order valence-corrected chi connectivity index (χ3v) is 5.70. The normalized spacial score (nSPS) is 24.9. The molecule has 10 heavy (non-hydrogen) atoms. The zero-order valence-corrected chi connectivity index (χ0v) is 9.70. The third-order valence-electron chi connectivity index (χ3n) is 2.29. The smallest absolute Gasteiger partial charge is 0.311 e. The second-order valence-corrected chi connectivity index (χ2v) is 6.63. The van der Waals surface area contributed by atoms with Crippen molar-refractivity contribution in [3.63, 3.8) is 0 Å². The van der Waals surface area contributed by atoms with Crippen LogP contribution in [0.15, 0.2) is 0 Å². The van der Waals surface area contributed by atoms with Gasteiger partial charge in [0.15, 0.2) is 0 Å². The lowest BCUT2D eigenvalue weighted by Crippen LogP contribution is -2.25. The van der Waals surface area contributed by atoms with E-state index in [1.54, 1.807) is 0 Å². The van der Waals surface area contributed by atoms with Gasteiger partial charge in [0.1, 0.15) is 10.5 Å². The van der Waals surface area contributed by atoms with Crippen LogP contribution in [-0.4, -0.2) is 24.6 Å². The van der Waals surface area contributed by atoms with Crippen LogP contribution in [-0.2, 0) is 4.12 Å². The first-order valence-electron chi connectivity index (χ1n) is 4.05. The van der Waals surface area contributed by atoms with Crippen molar-refractivity contribution in [3.8, 4) is 0 Å². The van der Waals surface area contributed by atoms with E-state index in [2.05, 4.69) is 0 Å². The molecular formula is C6H16O2Si2. The molecule has 0 radical (unpaired) electrons. The van der Waals surface area contributed by atoms with Crippen molar-refractivity contribution in [1.82, 2.24) is 0 Å². The maximum Gasteiger partial charge on any atom is 0.311 e. The Kier molecular flexibility index (Phi) is 3.61. The van der Waals surface area contributed by atoms with E-state index < -0.39 is 9.28 Å². The second-order valence-electron chi connectivity index (χ2n) is 3.02. The Labute approximate surface area is 67.0 Å². The molecule has 0 heterocycles. The summed E-state index contributed by atoms with van der Waals surface area (Å²) in [5.74, 6) is 0. The second kappa shape index (κ2) is 4.28. The summed E-state index contributed by atoms with van der Waals surface area (Å²) >= 11 is 0. The Morgan fingerprint density at radius 1 is 1.30 bits per heavy atom. The Morgan fingerprint density at radius 3 is 2.40 bits per heavy atom. The van der Waals surface area contributed by atoms with E-state index in [0.29, 0.717) is 5.54 Å². The molecule has 0 aromatic rings. The number of hydrogen-bond donors (Lipinski definition) is 1. The van der Waals surface area contributed by atoms with Crippen molar-refractivity contribution in [2.75, 3.05) is 0 Å². The van der Waals surface area contributed by atoms with E-state index >= 15 is 0 Å².